The average molecular weight is 362 g/mol. The molecule has 2 rings (SSSR count). The van der Waals surface area contributed by atoms with E-state index in [0.29, 0.717) is 15.6 Å². The molecule has 0 aliphatic carbocycles. The Morgan fingerprint density at radius 2 is 1.80 bits per heavy atom. The molecule has 0 bridgehead atoms. The normalized spacial score (nSPS) is 12.4. The number of hydrogen-bond donors (Lipinski definition) is 2. The Hall–Kier alpha value is -1.01. The summed E-state index contributed by atoms with van der Waals surface area (Å²) in [5.74, 6) is 4.60. The number of rotatable bonds is 4. The maximum atomic E-state index is 13.9. The van der Waals surface area contributed by atoms with E-state index < -0.39 is 17.7 Å². The second kappa shape index (κ2) is 6.63. The van der Waals surface area contributed by atoms with E-state index in [9.17, 15) is 8.78 Å². The number of hydrogen-bond acceptors (Lipinski definition) is 2. The van der Waals surface area contributed by atoms with Crippen molar-refractivity contribution in [3.05, 3.63) is 68.7 Å². The molecule has 6 heteroatoms. The molecule has 0 radical (unpaired) electrons. The summed E-state index contributed by atoms with van der Waals surface area (Å²) in [5, 5.41) is 0.0280. The first kappa shape index (κ1) is 15.4. The van der Waals surface area contributed by atoms with Gasteiger partial charge in [-0.05, 0) is 30.2 Å². The van der Waals surface area contributed by atoms with Crippen LogP contribution in [0.5, 0.6) is 0 Å². The maximum Gasteiger partial charge on any atom is 0.142 e. The van der Waals surface area contributed by atoms with Gasteiger partial charge in [-0.3, -0.25) is 11.3 Å². The summed E-state index contributed by atoms with van der Waals surface area (Å²) in [5.41, 5.74) is 3.49. The molecule has 0 heterocycles. The molecule has 3 N–H and O–H groups in total. The molecule has 106 valence electrons. The first-order chi connectivity index (χ1) is 9.54. The van der Waals surface area contributed by atoms with Crippen molar-refractivity contribution in [1.82, 2.24) is 5.43 Å². The number of nitrogens with two attached hydrogens (primary N) is 1. The first-order valence-corrected chi connectivity index (χ1v) is 7.04. The van der Waals surface area contributed by atoms with Gasteiger partial charge in [0.15, 0.2) is 0 Å². The van der Waals surface area contributed by atoms with Gasteiger partial charge >= 0.3 is 0 Å². The van der Waals surface area contributed by atoms with E-state index in [2.05, 4.69) is 21.4 Å². The van der Waals surface area contributed by atoms with Gasteiger partial charge in [-0.2, -0.15) is 0 Å². The predicted octanol–water partition coefficient (Wildman–Crippen LogP) is 4.13. The molecule has 0 spiro atoms. The SMILES string of the molecule is NNC(Cc1cccc(F)c1Cl)c1c(F)cccc1Br. The van der Waals surface area contributed by atoms with Crippen LogP contribution in [0.4, 0.5) is 8.78 Å². The highest BCUT2D eigenvalue weighted by atomic mass is 79.9. The highest BCUT2D eigenvalue weighted by molar-refractivity contribution is 9.10. The smallest absolute Gasteiger partial charge is 0.142 e. The van der Waals surface area contributed by atoms with E-state index >= 15 is 0 Å². The third-order valence-electron chi connectivity index (χ3n) is 3.00. The second-order valence-corrected chi connectivity index (χ2v) is 5.50. The number of benzene rings is 2. The van der Waals surface area contributed by atoms with Crippen LogP contribution >= 0.6 is 27.5 Å². The Balaban J connectivity index is 2.37. The molecule has 0 aromatic heterocycles. The lowest BCUT2D eigenvalue weighted by atomic mass is 9.99. The Kier molecular flexibility index (Phi) is 5.10. The zero-order valence-corrected chi connectivity index (χ0v) is 12.7. The molecule has 0 saturated heterocycles. The first-order valence-electron chi connectivity index (χ1n) is 5.87. The Bertz CT molecular complexity index is 602. The van der Waals surface area contributed by atoms with Crippen molar-refractivity contribution in [1.29, 1.82) is 0 Å². The van der Waals surface area contributed by atoms with Crippen molar-refractivity contribution in [2.24, 2.45) is 5.84 Å². The second-order valence-electron chi connectivity index (χ2n) is 4.27. The van der Waals surface area contributed by atoms with Gasteiger partial charge in [0.1, 0.15) is 11.6 Å². The number of halogens is 4. The predicted molar refractivity (Wildman–Crippen MR) is 79.3 cm³/mol. The zero-order valence-electron chi connectivity index (χ0n) is 10.3. The van der Waals surface area contributed by atoms with Gasteiger partial charge < -0.3 is 0 Å². The van der Waals surface area contributed by atoms with Crippen molar-refractivity contribution in [2.45, 2.75) is 12.5 Å². The molecule has 0 aliphatic rings. The van der Waals surface area contributed by atoms with Crippen LogP contribution in [0.2, 0.25) is 5.02 Å². The van der Waals surface area contributed by atoms with Crippen molar-refractivity contribution in [3.8, 4) is 0 Å². The Morgan fingerprint density at radius 1 is 1.15 bits per heavy atom. The van der Waals surface area contributed by atoms with Crippen LogP contribution < -0.4 is 11.3 Å². The Labute approximate surface area is 129 Å². The van der Waals surface area contributed by atoms with Gasteiger partial charge in [0.05, 0.1) is 11.1 Å². The molecule has 2 aromatic rings. The summed E-state index contributed by atoms with van der Waals surface area (Å²) >= 11 is 9.20. The van der Waals surface area contributed by atoms with Gasteiger partial charge in [-0.15, -0.1) is 0 Å². The van der Waals surface area contributed by atoms with Crippen LogP contribution in [0, 0.1) is 11.6 Å². The third-order valence-corrected chi connectivity index (χ3v) is 4.12. The minimum Gasteiger partial charge on any atom is -0.271 e. The molecule has 0 aliphatic heterocycles. The minimum atomic E-state index is -0.523. The Morgan fingerprint density at radius 3 is 2.45 bits per heavy atom. The lowest BCUT2D eigenvalue weighted by Crippen LogP contribution is -2.30. The van der Waals surface area contributed by atoms with E-state index in [1.54, 1.807) is 24.3 Å². The van der Waals surface area contributed by atoms with Crippen LogP contribution in [-0.4, -0.2) is 0 Å². The van der Waals surface area contributed by atoms with Crippen LogP contribution in [0.3, 0.4) is 0 Å². The van der Waals surface area contributed by atoms with Gasteiger partial charge in [0, 0.05) is 10.0 Å². The lowest BCUT2D eigenvalue weighted by Gasteiger charge is -2.19. The summed E-state index contributed by atoms with van der Waals surface area (Å²) in [7, 11) is 0. The van der Waals surface area contributed by atoms with Crippen LogP contribution in [0.1, 0.15) is 17.2 Å². The third kappa shape index (κ3) is 3.17. The van der Waals surface area contributed by atoms with Gasteiger partial charge in [0.2, 0.25) is 0 Å². The molecule has 1 unspecified atom stereocenters. The zero-order chi connectivity index (χ0) is 14.7. The summed E-state index contributed by atoms with van der Waals surface area (Å²) < 4.78 is 28.0. The summed E-state index contributed by atoms with van der Waals surface area (Å²) in [6.07, 6.45) is 0.270. The van der Waals surface area contributed by atoms with E-state index in [-0.39, 0.29) is 11.4 Å². The van der Waals surface area contributed by atoms with Crippen molar-refractivity contribution in [2.75, 3.05) is 0 Å². The van der Waals surface area contributed by atoms with E-state index in [4.69, 9.17) is 17.4 Å². The highest BCUT2D eigenvalue weighted by Gasteiger charge is 2.19. The highest BCUT2D eigenvalue weighted by Crippen LogP contribution is 2.30. The standard InChI is InChI=1S/C14H12BrClF2N2/c15-9-4-2-5-10(17)13(9)12(20-19)7-8-3-1-6-11(18)14(8)16/h1-6,12,20H,7,19H2. The lowest BCUT2D eigenvalue weighted by molar-refractivity contribution is 0.507. The van der Waals surface area contributed by atoms with Gasteiger partial charge in [0.25, 0.3) is 0 Å². The monoisotopic (exact) mass is 360 g/mol. The molecular formula is C14H12BrClF2N2. The summed E-state index contributed by atoms with van der Waals surface area (Å²) in [6, 6.07) is 8.64. The molecule has 0 fully saturated rings. The van der Waals surface area contributed by atoms with Gasteiger partial charge in [-0.25, -0.2) is 8.78 Å². The quantitative estimate of drug-likeness (QED) is 0.635. The molecule has 20 heavy (non-hydrogen) atoms. The molecular weight excluding hydrogens is 350 g/mol. The molecule has 0 saturated carbocycles. The summed E-state index contributed by atoms with van der Waals surface area (Å²) in [4.78, 5) is 0. The van der Waals surface area contributed by atoms with E-state index in [1.165, 1.54) is 12.1 Å². The topological polar surface area (TPSA) is 38.0 Å². The van der Waals surface area contributed by atoms with Crippen molar-refractivity contribution >= 4 is 27.5 Å². The minimum absolute atomic E-state index is 0.0280. The van der Waals surface area contributed by atoms with Crippen molar-refractivity contribution < 1.29 is 8.78 Å². The maximum absolute atomic E-state index is 13.9. The van der Waals surface area contributed by atoms with Crippen LogP contribution in [-0.2, 0) is 6.42 Å². The van der Waals surface area contributed by atoms with E-state index in [0.717, 1.165) is 0 Å². The fourth-order valence-electron chi connectivity index (χ4n) is 2.01. The molecule has 1 atom stereocenters. The summed E-state index contributed by atoms with van der Waals surface area (Å²) in [6.45, 7) is 0. The molecule has 2 nitrogen and oxygen atoms in total. The van der Waals surface area contributed by atoms with Gasteiger partial charge in [-0.1, -0.05) is 45.7 Å². The average Bonchev–Trinajstić information content (AvgIpc) is 2.42. The van der Waals surface area contributed by atoms with Crippen molar-refractivity contribution in [3.63, 3.8) is 0 Å². The molecule has 2 aromatic carbocycles. The van der Waals surface area contributed by atoms with Crippen LogP contribution in [0.25, 0.3) is 0 Å². The number of nitrogens with one attached hydrogen (secondary N) is 1. The van der Waals surface area contributed by atoms with E-state index in [1.807, 2.05) is 0 Å². The number of hydrazine groups is 1. The fourth-order valence-corrected chi connectivity index (χ4v) is 2.84. The fraction of sp³-hybridized carbons (Fsp3) is 0.143. The van der Waals surface area contributed by atoms with Crippen LogP contribution in [0.15, 0.2) is 40.9 Å². The molecule has 0 amide bonds. The largest absolute Gasteiger partial charge is 0.271 e.